The third kappa shape index (κ3) is 3.82. The van der Waals surface area contributed by atoms with E-state index in [1.54, 1.807) is 18.2 Å². The molecule has 6 heteroatoms. The average molecular weight is 359 g/mol. The number of benzene rings is 1. The standard InChI is InChI=1S/C17H23ClN2O2.ClH/c18-14-6-3-4-12(8-14)15(21)10-20-16(22)17-7-2-1-5-13(17)9-19-11-17;/h3-4,6,8,13,15,19,21H,1-2,5,7,9-11H2,(H,20,22);1H/t13-,15?,17+;/m0./s1. The molecule has 1 heterocycles. The second-order valence-corrected chi connectivity index (χ2v) is 6.95. The van der Waals surface area contributed by atoms with Crippen LogP contribution in [0, 0.1) is 11.3 Å². The lowest BCUT2D eigenvalue weighted by molar-refractivity contribution is -0.134. The summed E-state index contributed by atoms with van der Waals surface area (Å²) in [4.78, 5) is 12.7. The Morgan fingerprint density at radius 3 is 3.09 bits per heavy atom. The summed E-state index contributed by atoms with van der Waals surface area (Å²) in [6.07, 6.45) is 3.67. The number of amides is 1. The minimum Gasteiger partial charge on any atom is -0.387 e. The molecular formula is C17H24Cl2N2O2. The summed E-state index contributed by atoms with van der Waals surface area (Å²) in [6, 6.07) is 7.13. The van der Waals surface area contributed by atoms with Gasteiger partial charge in [-0.2, -0.15) is 0 Å². The van der Waals surface area contributed by atoms with Crippen molar-refractivity contribution in [3.05, 3.63) is 34.9 Å². The highest BCUT2D eigenvalue weighted by molar-refractivity contribution is 6.30. The summed E-state index contributed by atoms with van der Waals surface area (Å²) in [5.74, 6) is 0.521. The van der Waals surface area contributed by atoms with Crippen molar-refractivity contribution in [2.75, 3.05) is 19.6 Å². The van der Waals surface area contributed by atoms with E-state index in [-0.39, 0.29) is 30.3 Å². The fourth-order valence-electron chi connectivity index (χ4n) is 3.89. The number of hydrogen-bond donors (Lipinski definition) is 3. The van der Waals surface area contributed by atoms with Gasteiger partial charge in [0, 0.05) is 18.1 Å². The van der Waals surface area contributed by atoms with Gasteiger partial charge in [0.15, 0.2) is 0 Å². The Balaban J connectivity index is 0.00000192. The Kier molecular flexibility index (Phi) is 6.32. The summed E-state index contributed by atoms with van der Waals surface area (Å²) in [7, 11) is 0. The van der Waals surface area contributed by atoms with Gasteiger partial charge in [0.1, 0.15) is 0 Å². The molecule has 1 unspecified atom stereocenters. The van der Waals surface area contributed by atoms with Crippen LogP contribution in [0.15, 0.2) is 24.3 Å². The lowest BCUT2D eigenvalue weighted by atomic mass is 9.67. The van der Waals surface area contributed by atoms with E-state index in [1.165, 1.54) is 6.42 Å². The maximum atomic E-state index is 12.7. The molecule has 1 saturated heterocycles. The summed E-state index contributed by atoms with van der Waals surface area (Å²) in [5.41, 5.74) is 0.460. The van der Waals surface area contributed by atoms with E-state index in [1.807, 2.05) is 6.07 Å². The number of aliphatic hydroxyl groups is 1. The van der Waals surface area contributed by atoms with Crippen molar-refractivity contribution in [3.8, 4) is 0 Å². The summed E-state index contributed by atoms with van der Waals surface area (Å²) in [6.45, 7) is 1.93. The van der Waals surface area contributed by atoms with Gasteiger partial charge in [-0.05, 0) is 43.0 Å². The van der Waals surface area contributed by atoms with Crippen LogP contribution < -0.4 is 10.6 Å². The number of hydrogen-bond acceptors (Lipinski definition) is 3. The normalized spacial score (nSPS) is 27.7. The van der Waals surface area contributed by atoms with Crippen LogP contribution in [0.25, 0.3) is 0 Å². The number of aliphatic hydroxyl groups excluding tert-OH is 1. The van der Waals surface area contributed by atoms with Gasteiger partial charge >= 0.3 is 0 Å². The van der Waals surface area contributed by atoms with Gasteiger partial charge in [0.05, 0.1) is 11.5 Å². The number of halogens is 2. The van der Waals surface area contributed by atoms with Gasteiger partial charge in [-0.1, -0.05) is 36.6 Å². The molecule has 23 heavy (non-hydrogen) atoms. The molecule has 1 aromatic carbocycles. The predicted molar refractivity (Wildman–Crippen MR) is 93.9 cm³/mol. The molecule has 128 valence electrons. The first-order valence-corrected chi connectivity index (χ1v) is 8.42. The Labute approximate surface area is 148 Å². The van der Waals surface area contributed by atoms with Crippen LogP contribution in [0.2, 0.25) is 5.02 Å². The fourth-order valence-corrected chi connectivity index (χ4v) is 4.09. The highest BCUT2D eigenvalue weighted by atomic mass is 35.5. The van der Waals surface area contributed by atoms with E-state index >= 15 is 0 Å². The molecule has 3 atom stereocenters. The third-order valence-corrected chi connectivity index (χ3v) is 5.41. The molecule has 0 radical (unpaired) electrons. The number of carbonyl (C=O) groups is 1. The van der Waals surface area contributed by atoms with Crippen LogP contribution >= 0.6 is 24.0 Å². The second-order valence-electron chi connectivity index (χ2n) is 6.51. The number of rotatable bonds is 4. The first kappa shape index (κ1) is 18.5. The zero-order valence-corrected chi connectivity index (χ0v) is 14.6. The molecule has 1 aliphatic heterocycles. The Hall–Kier alpha value is -0.810. The molecule has 2 fully saturated rings. The maximum absolute atomic E-state index is 12.7. The zero-order valence-electron chi connectivity index (χ0n) is 13.1. The molecule has 4 nitrogen and oxygen atoms in total. The van der Waals surface area contributed by atoms with Crippen LogP contribution in [0.3, 0.4) is 0 Å². The summed E-state index contributed by atoms with van der Waals surface area (Å²) >= 11 is 5.94. The topological polar surface area (TPSA) is 61.4 Å². The minimum absolute atomic E-state index is 0. The van der Waals surface area contributed by atoms with Crippen LogP contribution in [0.4, 0.5) is 0 Å². The van der Waals surface area contributed by atoms with Crippen molar-refractivity contribution >= 4 is 29.9 Å². The van der Waals surface area contributed by atoms with Crippen molar-refractivity contribution in [1.82, 2.24) is 10.6 Å². The van der Waals surface area contributed by atoms with Gasteiger partial charge in [0.2, 0.25) is 5.91 Å². The van der Waals surface area contributed by atoms with E-state index in [0.717, 1.165) is 37.9 Å². The molecule has 0 aromatic heterocycles. The van der Waals surface area contributed by atoms with Crippen molar-refractivity contribution in [3.63, 3.8) is 0 Å². The van der Waals surface area contributed by atoms with E-state index in [2.05, 4.69) is 10.6 Å². The largest absolute Gasteiger partial charge is 0.387 e. The zero-order chi connectivity index (χ0) is 15.6. The van der Waals surface area contributed by atoms with Crippen molar-refractivity contribution in [1.29, 1.82) is 0 Å². The Morgan fingerprint density at radius 1 is 1.48 bits per heavy atom. The highest BCUT2D eigenvalue weighted by Gasteiger charge is 2.49. The average Bonchev–Trinajstić information content (AvgIpc) is 2.97. The number of carbonyl (C=O) groups excluding carboxylic acids is 1. The van der Waals surface area contributed by atoms with Crippen LogP contribution in [-0.4, -0.2) is 30.6 Å². The summed E-state index contributed by atoms with van der Waals surface area (Å²) < 4.78 is 0. The van der Waals surface area contributed by atoms with Gasteiger partial charge in [0.25, 0.3) is 0 Å². The molecule has 0 bridgehead atoms. The number of fused-ring (bicyclic) bond motifs is 1. The molecule has 1 aromatic rings. The quantitative estimate of drug-likeness (QED) is 0.775. The molecule has 3 N–H and O–H groups in total. The molecule has 2 aliphatic rings. The Bertz CT molecular complexity index is 555. The fraction of sp³-hybridized carbons (Fsp3) is 0.588. The van der Waals surface area contributed by atoms with Crippen molar-refractivity contribution in [2.45, 2.75) is 31.8 Å². The lowest BCUT2D eigenvalue weighted by Crippen LogP contribution is -2.48. The van der Waals surface area contributed by atoms with Gasteiger partial charge in [-0.25, -0.2) is 0 Å². The molecule has 0 spiro atoms. The Morgan fingerprint density at radius 2 is 2.30 bits per heavy atom. The molecule has 3 rings (SSSR count). The van der Waals surface area contributed by atoms with Crippen LogP contribution in [-0.2, 0) is 4.79 Å². The van der Waals surface area contributed by atoms with E-state index in [0.29, 0.717) is 10.9 Å². The molecular weight excluding hydrogens is 335 g/mol. The SMILES string of the molecule is Cl.O=C(NCC(O)c1cccc(Cl)c1)[C@@]12CCCC[C@H]1CNC2. The van der Waals surface area contributed by atoms with E-state index in [4.69, 9.17) is 11.6 Å². The number of nitrogens with one attached hydrogen (secondary N) is 2. The molecule has 1 amide bonds. The predicted octanol–water partition coefficient (Wildman–Crippen LogP) is 2.69. The van der Waals surface area contributed by atoms with Gasteiger partial charge < -0.3 is 15.7 Å². The molecule has 1 aliphatic carbocycles. The first-order valence-electron chi connectivity index (χ1n) is 8.04. The highest BCUT2D eigenvalue weighted by Crippen LogP contribution is 2.43. The summed E-state index contributed by atoms with van der Waals surface area (Å²) in [5, 5.41) is 17.2. The van der Waals surface area contributed by atoms with Crippen molar-refractivity contribution in [2.24, 2.45) is 11.3 Å². The van der Waals surface area contributed by atoms with Crippen LogP contribution in [0.5, 0.6) is 0 Å². The van der Waals surface area contributed by atoms with Crippen molar-refractivity contribution < 1.29 is 9.90 Å². The molecule has 1 saturated carbocycles. The maximum Gasteiger partial charge on any atom is 0.227 e. The smallest absolute Gasteiger partial charge is 0.227 e. The minimum atomic E-state index is -0.726. The van der Waals surface area contributed by atoms with E-state index in [9.17, 15) is 9.90 Å². The first-order chi connectivity index (χ1) is 10.6. The lowest BCUT2D eigenvalue weighted by Gasteiger charge is -2.37. The monoisotopic (exact) mass is 358 g/mol. The van der Waals surface area contributed by atoms with E-state index < -0.39 is 6.10 Å². The van der Waals surface area contributed by atoms with Gasteiger partial charge in [-0.3, -0.25) is 4.79 Å². The van der Waals surface area contributed by atoms with Gasteiger partial charge in [-0.15, -0.1) is 12.4 Å². The third-order valence-electron chi connectivity index (χ3n) is 5.18. The van der Waals surface area contributed by atoms with Crippen LogP contribution in [0.1, 0.15) is 37.4 Å². The second kappa shape index (κ2) is 7.84.